The molecule has 1 aliphatic carbocycles. The van der Waals surface area contributed by atoms with Crippen LogP contribution < -0.4 is 0 Å². The molecule has 0 aliphatic heterocycles. The molecule has 2 unspecified atom stereocenters. The second kappa shape index (κ2) is 8.68. The number of benzene rings is 4. The predicted molar refractivity (Wildman–Crippen MR) is 127 cm³/mol. The first kappa shape index (κ1) is 20.0. The highest BCUT2D eigenvalue weighted by Gasteiger charge is 2.22. The molecule has 5 rings (SSSR count). The largest absolute Gasteiger partial charge is 0.458 e. The lowest BCUT2D eigenvalue weighted by Gasteiger charge is -2.14. The molecule has 0 radical (unpaired) electrons. The van der Waals surface area contributed by atoms with Crippen molar-refractivity contribution in [3.05, 3.63) is 72.3 Å². The third-order valence-corrected chi connectivity index (χ3v) is 6.19. The molecule has 158 valence electrons. The number of aryl methyl sites for hydroxylation is 1. The van der Waals surface area contributed by atoms with Gasteiger partial charge < -0.3 is 9.47 Å². The molecule has 0 saturated heterocycles. The summed E-state index contributed by atoms with van der Waals surface area (Å²) in [6, 6.07) is 19.9. The molecule has 0 saturated carbocycles. The fourth-order valence-corrected chi connectivity index (χ4v) is 4.74. The lowest BCUT2D eigenvalue weighted by molar-refractivity contribution is -0.147. The van der Waals surface area contributed by atoms with Gasteiger partial charge in [0.05, 0.1) is 6.10 Å². The molecule has 0 heterocycles. The van der Waals surface area contributed by atoms with E-state index in [1.165, 1.54) is 37.9 Å². The first-order valence-electron chi connectivity index (χ1n) is 11.4. The summed E-state index contributed by atoms with van der Waals surface area (Å²) < 4.78 is 11.3. The minimum Gasteiger partial charge on any atom is -0.458 e. The van der Waals surface area contributed by atoms with Crippen LogP contribution in [0.15, 0.2) is 66.7 Å². The maximum atomic E-state index is 12.3. The third kappa shape index (κ3) is 4.15. The SMILES string of the molecule is CCCOC1C=CC(OC(=O)CCCc2cc3ccc4cccc5ccc(c2)c3c45)C1. The highest BCUT2D eigenvalue weighted by atomic mass is 16.5. The number of rotatable bonds is 8. The number of carbonyl (C=O) groups is 1. The molecule has 4 aromatic carbocycles. The van der Waals surface area contributed by atoms with Crippen LogP contribution in [0.4, 0.5) is 0 Å². The summed E-state index contributed by atoms with van der Waals surface area (Å²) in [5, 5.41) is 7.80. The monoisotopic (exact) mass is 412 g/mol. The number of hydrogen-bond acceptors (Lipinski definition) is 3. The van der Waals surface area contributed by atoms with E-state index < -0.39 is 0 Å². The lowest BCUT2D eigenvalue weighted by Crippen LogP contribution is -2.18. The van der Waals surface area contributed by atoms with Crippen LogP contribution in [-0.4, -0.2) is 24.8 Å². The lowest BCUT2D eigenvalue weighted by atomic mass is 9.92. The minimum atomic E-state index is -0.146. The molecule has 0 N–H and O–H groups in total. The average molecular weight is 413 g/mol. The van der Waals surface area contributed by atoms with Crippen LogP contribution in [-0.2, 0) is 20.7 Å². The first-order valence-corrected chi connectivity index (χ1v) is 11.4. The fraction of sp³-hybridized carbons (Fsp3) is 0.321. The van der Waals surface area contributed by atoms with E-state index in [9.17, 15) is 4.79 Å². The number of carbonyl (C=O) groups excluding carboxylic acids is 1. The second-order valence-electron chi connectivity index (χ2n) is 8.54. The smallest absolute Gasteiger partial charge is 0.306 e. The molecule has 0 amide bonds. The second-order valence-corrected chi connectivity index (χ2v) is 8.54. The van der Waals surface area contributed by atoms with Crippen molar-refractivity contribution < 1.29 is 14.3 Å². The van der Waals surface area contributed by atoms with Gasteiger partial charge in [-0.3, -0.25) is 4.79 Å². The Morgan fingerprint density at radius 2 is 1.55 bits per heavy atom. The summed E-state index contributed by atoms with van der Waals surface area (Å²) in [6.45, 7) is 2.84. The van der Waals surface area contributed by atoms with Crippen molar-refractivity contribution in [3.63, 3.8) is 0 Å². The zero-order valence-corrected chi connectivity index (χ0v) is 18.0. The van der Waals surface area contributed by atoms with Crippen molar-refractivity contribution in [2.24, 2.45) is 0 Å². The predicted octanol–water partition coefficient (Wildman–Crippen LogP) is 6.57. The number of esters is 1. The Labute approximate surface area is 183 Å². The summed E-state index contributed by atoms with van der Waals surface area (Å²) >= 11 is 0. The van der Waals surface area contributed by atoms with Crippen LogP contribution in [0.1, 0.15) is 38.2 Å². The first-order chi connectivity index (χ1) is 15.2. The van der Waals surface area contributed by atoms with Crippen LogP contribution in [0.5, 0.6) is 0 Å². The quantitative estimate of drug-likeness (QED) is 0.186. The molecule has 4 aromatic rings. The average Bonchev–Trinajstić information content (AvgIpc) is 3.23. The van der Waals surface area contributed by atoms with E-state index in [4.69, 9.17) is 9.47 Å². The van der Waals surface area contributed by atoms with Gasteiger partial charge in [0.25, 0.3) is 0 Å². The van der Waals surface area contributed by atoms with Gasteiger partial charge in [0.1, 0.15) is 6.10 Å². The van der Waals surface area contributed by atoms with E-state index in [2.05, 4.69) is 61.5 Å². The van der Waals surface area contributed by atoms with Crippen LogP contribution in [0.2, 0.25) is 0 Å². The molecule has 0 aromatic heterocycles. The standard InChI is InChI=1S/C28H28O3/c1-2-15-30-24-13-14-25(18-24)31-26(29)8-3-5-19-16-22-11-9-20-6-4-7-21-10-12-23(17-19)28(22)27(20)21/h4,6-7,9-14,16-17,24-25H,2-3,5,8,15,18H2,1H3. The Balaban J connectivity index is 1.21. The summed E-state index contributed by atoms with van der Waals surface area (Å²) in [6.07, 6.45) is 7.74. The Hall–Kier alpha value is -2.91. The Morgan fingerprint density at radius 1 is 0.903 bits per heavy atom. The maximum Gasteiger partial charge on any atom is 0.306 e. The van der Waals surface area contributed by atoms with Gasteiger partial charge >= 0.3 is 5.97 Å². The third-order valence-electron chi connectivity index (χ3n) is 6.19. The van der Waals surface area contributed by atoms with Crippen molar-refractivity contribution in [1.29, 1.82) is 0 Å². The van der Waals surface area contributed by atoms with Crippen LogP contribution in [0, 0.1) is 0 Å². The molecule has 2 atom stereocenters. The minimum absolute atomic E-state index is 0.0805. The normalized spacial score (nSPS) is 18.5. The van der Waals surface area contributed by atoms with Gasteiger partial charge in [-0.2, -0.15) is 0 Å². The zero-order valence-electron chi connectivity index (χ0n) is 18.0. The molecule has 0 bridgehead atoms. The van der Waals surface area contributed by atoms with Crippen molar-refractivity contribution in [3.8, 4) is 0 Å². The van der Waals surface area contributed by atoms with Crippen molar-refractivity contribution >= 4 is 38.3 Å². The van der Waals surface area contributed by atoms with Gasteiger partial charge in [0.2, 0.25) is 0 Å². The van der Waals surface area contributed by atoms with Gasteiger partial charge in [-0.25, -0.2) is 0 Å². The molecule has 1 aliphatic rings. The van der Waals surface area contributed by atoms with Gasteiger partial charge in [-0.15, -0.1) is 0 Å². The van der Waals surface area contributed by atoms with Crippen LogP contribution in [0.25, 0.3) is 32.3 Å². The van der Waals surface area contributed by atoms with E-state index in [1.54, 1.807) is 0 Å². The molecular formula is C28H28O3. The van der Waals surface area contributed by atoms with E-state index in [1.807, 2.05) is 12.2 Å². The summed E-state index contributed by atoms with van der Waals surface area (Å²) in [5.41, 5.74) is 1.27. The molecule has 3 nitrogen and oxygen atoms in total. The van der Waals surface area contributed by atoms with Gasteiger partial charge in [-0.1, -0.05) is 67.6 Å². The number of ether oxygens (including phenoxy) is 2. The van der Waals surface area contributed by atoms with Gasteiger partial charge in [-0.05, 0) is 63.2 Å². The Kier molecular flexibility index (Phi) is 5.61. The molecule has 3 heteroatoms. The van der Waals surface area contributed by atoms with Crippen LogP contribution in [0.3, 0.4) is 0 Å². The Morgan fingerprint density at radius 3 is 2.26 bits per heavy atom. The van der Waals surface area contributed by atoms with Crippen molar-refractivity contribution in [2.75, 3.05) is 6.61 Å². The molecule has 31 heavy (non-hydrogen) atoms. The van der Waals surface area contributed by atoms with Crippen molar-refractivity contribution in [1.82, 2.24) is 0 Å². The fourth-order valence-electron chi connectivity index (χ4n) is 4.74. The highest BCUT2D eigenvalue weighted by molar-refractivity contribution is 6.23. The van der Waals surface area contributed by atoms with E-state index in [0.717, 1.165) is 32.3 Å². The maximum absolute atomic E-state index is 12.3. The van der Waals surface area contributed by atoms with Gasteiger partial charge in [0, 0.05) is 19.4 Å². The van der Waals surface area contributed by atoms with Gasteiger partial charge in [0.15, 0.2) is 0 Å². The Bertz CT molecular complexity index is 1180. The summed E-state index contributed by atoms with van der Waals surface area (Å²) in [4.78, 5) is 12.3. The summed E-state index contributed by atoms with van der Waals surface area (Å²) in [7, 11) is 0. The van der Waals surface area contributed by atoms with Crippen molar-refractivity contribution in [2.45, 2.75) is 51.2 Å². The molecular weight excluding hydrogens is 384 g/mol. The molecule has 0 fully saturated rings. The van der Waals surface area contributed by atoms with E-state index in [0.29, 0.717) is 6.42 Å². The topological polar surface area (TPSA) is 35.5 Å². The zero-order chi connectivity index (χ0) is 21.2. The number of hydrogen-bond donors (Lipinski definition) is 0. The van der Waals surface area contributed by atoms with E-state index >= 15 is 0 Å². The van der Waals surface area contributed by atoms with Crippen LogP contribution >= 0.6 is 0 Å². The van der Waals surface area contributed by atoms with E-state index in [-0.39, 0.29) is 18.2 Å². The highest BCUT2D eigenvalue weighted by Crippen LogP contribution is 2.35. The molecule has 0 spiro atoms. The summed E-state index contributed by atoms with van der Waals surface area (Å²) in [5.74, 6) is -0.122.